The van der Waals surface area contributed by atoms with Crippen molar-refractivity contribution in [3.05, 3.63) is 29.8 Å². The van der Waals surface area contributed by atoms with E-state index >= 15 is 0 Å². The topological polar surface area (TPSA) is 67.8 Å². The zero-order chi connectivity index (χ0) is 13.7. The van der Waals surface area contributed by atoms with Gasteiger partial charge in [-0.1, -0.05) is 12.1 Å². The molecule has 1 aliphatic carbocycles. The van der Waals surface area contributed by atoms with E-state index in [9.17, 15) is 4.79 Å². The van der Waals surface area contributed by atoms with Gasteiger partial charge in [0, 0.05) is 6.04 Å². The van der Waals surface area contributed by atoms with Crippen LogP contribution in [0, 0.1) is 0 Å². The van der Waals surface area contributed by atoms with Crippen molar-refractivity contribution in [3.8, 4) is 5.75 Å². The van der Waals surface area contributed by atoms with Gasteiger partial charge >= 0.3 is 5.97 Å². The predicted molar refractivity (Wildman–Crippen MR) is 69.8 cm³/mol. The number of nitrogens with one attached hydrogen (secondary N) is 1. The lowest BCUT2D eigenvalue weighted by atomic mass is 10.2. The Hall–Kier alpha value is -1.59. The number of methoxy groups -OCH3 is 1. The lowest BCUT2D eigenvalue weighted by molar-refractivity contribution is -0.144. The standard InChI is InChI=1S/C14H19NO4/c1-18-14(17)13(15-11-4-5-11)9-19-12-6-2-10(8-16)3-7-12/h2-3,6-7,11,13,15-16H,4-5,8-9H2,1H3. The number of hydrogen-bond donors (Lipinski definition) is 2. The third-order valence-corrected chi connectivity index (χ3v) is 3.02. The summed E-state index contributed by atoms with van der Waals surface area (Å²) in [7, 11) is 1.37. The van der Waals surface area contributed by atoms with Crippen molar-refractivity contribution in [2.24, 2.45) is 0 Å². The summed E-state index contributed by atoms with van der Waals surface area (Å²) in [4.78, 5) is 11.6. The minimum Gasteiger partial charge on any atom is -0.491 e. The van der Waals surface area contributed by atoms with Crippen LogP contribution < -0.4 is 10.1 Å². The fraction of sp³-hybridized carbons (Fsp3) is 0.500. The first kappa shape index (κ1) is 13.8. The highest BCUT2D eigenvalue weighted by Gasteiger charge is 2.29. The fourth-order valence-electron chi connectivity index (χ4n) is 1.73. The summed E-state index contributed by atoms with van der Waals surface area (Å²) in [6.07, 6.45) is 2.19. The molecule has 1 saturated carbocycles. The second kappa shape index (κ2) is 6.54. The molecule has 1 unspecified atom stereocenters. The quantitative estimate of drug-likeness (QED) is 0.715. The molecule has 5 heteroatoms. The average molecular weight is 265 g/mol. The first-order valence-corrected chi connectivity index (χ1v) is 6.39. The summed E-state index contributed by atoms with van der Waals surface area (Å²) >= 11 is 0. The zero-order valence-corrected chi connectivity index (χ0v) is 11.0. The number of benzene rings is 1. The van der Waals surface area contributed by atoms with Gasteiger partial charge in [0.1, 0.15) is 18.4 Å². The number of esters is 1. The van der Waals surface area contributed by atoms with E-state index in [1.807, 2.05) is 0 Å². The fourth-order valence-corrected chi connectivity index (χ4v) is 1.73. The summed E-state index contributed by atoms with van der Waals surface area (Å²) in [6.45, 7) is 0.246. The molecule has 1 aromatic rings. The zero-order valence-electron chi connectivity index (χ0n) is 11.0. The van der Waals surface area contributed by atoms with Crippen LogP contribution in [0.1, 0.15) is 18.4 Å². The van der Waals surface area contributed by atoms with Gasteiger partial charge in [-0.15, -0.1) is 0 Å². The summed E-state index contributed by atoms with van der Waals surface area (Å²) < 4.78 is 10.3. The molecule has 0 radical (unpaired) electrons. The lowest BCUT2D eigenvalue weighted by Gasteiger charge is -2.17. The third-order valence-electron chi connectivity index (χ3n) is 3.02. The number of hydrogen-bond acceptors (Lipinski definition) is 5. The van der Waals surface area contributed by atoms with Crippen molar-refractivity contribution in [3.63, 3.8) is 0 Å². The van der Waals surface area contributed by atoms with Gasteiger partial charge in [-0.2, -0.15) is 0 Å². The van der Waals surface area contributed by atoms with E-state index in [0.717, 1.165) is 18.4 Å². The molecular weight excluding hydrogens is 246 g/mol. The second-order valence-electron chi connectivity index (χ2n) is 4.63. The van der Waals surface area contributed by atoms with E-state index in [0.29, 0.717) is 11.8 Å². The molecule has 1 atom stereocenters. The van der Waals surface area contributed by atoms with Crippen molar-refractivity contribution in [1.29, 1.82) is 0 Å². The molecule has 0 spiro atoms. The highest BCUT2D eigenvalue weighted by atomic mass is 16.5. The molecule has 0 heterocycles. The van der Waals surface area contributed by atoms with Crippen LogP contribution in [0.2, 0.25) is 0 Å². The molecule has 1 aromatic carbocycles. The Morgan fingerprint density at radius 3 is 2.63 bits per heavy atom. The normalized spacial score (nSPS) is 15.9. The molecule has 5 nitrogen and oxygen atoms in total. The minimum absolute atomic E-state index is 0.00824. The number of carbonyl (C=O) groups excluding carboxylic acids is 1. The van der Waals surface area contributed by atoms with Crippen LogP contribution in [0.5, 0.6) is 5.75 Å². The van der Waals surface area contributed by atoms with Crippen LogP contribution in [0.3, 0.4) is 0 Å². The van der Waals surface area contributed by atoms with Crippen molar-refractivity contribution >= 4 is 5.97 Å². The van der Waals surface area contributed by atoms with Crippen LogP contribution in [-0.4, -0.2) is 36.9 Å². The summed E-state index contributed by atoms with van der Waals surface area (Å²) in [5.41, 5.74) is 0.827. The Morgan fingerprint density at radius 2 is 2.11 bits per heavy atom. The summed E-state index contributed by atoms with van der Waals surface area (Å²) in [5.74, 6) is 0.363. The van der Waals surface area contributed by atoms with E-state index in [4.69, 9.17) is 14.6 Å². The second-order valence-corrected chi connectivity index (χ2v) is 4.63. The van der Waals surface area contributed by atoms with Gasteiger partial charge in [0.05, 0.1) is 13.7 Å². The number of aliphatic hydroxyl groups excluding tert-OH is 1. The number of aliphatic hydroxyl groups is 1. The molecule has 0 aromatic heterocycles. The highest BCUT2D eigenvalue weighted by molar-refractivity contribution is 5.75. The summed E-state index contributed by atoms with van der Waals surface area (Å²) in [5, 5.41) is 12.1. The van der Waals surface area contributed by atoms with Gasteiger partial charge in [0.15, 0.2) is 0 Å². The molecule has 1 aliphatic rings. The number of ether oxygens (including phenoxy) is 2. The van der Waals surface area contributed by atoms with Crippen LogP contribution >= 0.6 is 0 Å². The van der Waals surface area contributed by atoms with Gasteiger partial charge in [-0.05, 0) is 30.5 Å². The van der Waals surface area contributed by atoms with Gasteiger partial charge in [-0.3, -0.25) is 10.1 Å². The van der Waals surface area contributed by atoms with Crippen molar-refractivity contribution in [1.82, 2.24) is 5.32 Å². The Bertz CT molecular complexity index is 414. The minimum atomic E-state index is -0.435. The van der Waals surface area contributed by atoms with Gasteiger partial charge in [-0.25, -0.2) is 0 Å². The van der Waals surface area contributed by atoms with Crippen LogP contribution in [0.15, 0.2) is 24.3 Å². The van der Waals surface area contributed by atoms with E-state index in [1.165, 1.54) is 7.11 Å². The molecule has 0 aliphatic heterocycles. The van der Waals surface area contributed by atoms with Crippen LogP contribution in [0.4, 0.5) is 0 Å². The lowest BCUT2D eigenvalue weighted by Crippen LogP contribution is -2.43. The van der Waals surface area contributed by atoms with E-state index in [-0.39, 0.29) is 19.2 Å². The molecule has 2 N–H and O–H groups in total. The Kier molecular flexibility index (Phi) is 4.76. The SMILES string of the molecule is COC(=O)C(COc1ccc(CO)cc1)NC1CC1. The van der Waals surface area contributed by atoms with Gasteiger partial charge in [0.25, 0.3) is 0 Å². The van der Waals surface area contributed by atoms with Gasteiger partial charge < -0.3 is 14.6 Å². The molecule has 0 amide bonds. The number of rotatable bonds is 7. The van der Waals surface area contributed by atoms with Crippen LogP contribution in [0.25, 0.3) is 0 Å². The maximum atomic E-state index is 11.6. The van der Waals surface area contributed by atoms with E-state index in [1.54, 1.807) is 24.3 Å². The predicted octanol–water partition coefficient (Wildman–Crippen LogP) is 0.851. The van der Waals surface area contributed by atoms with Crippen molar-refractivity contribution in [2.75, 3.05) is 13.7 Å². The molecular formula is C14H19NO4. The average Bonchev–Trinajstić information content (AvgIpc) is 3.27. The monoisotopic (exact) mass is 265 g/mol. The van der Waals surface area contributed by atoms with Gasteiger partial charge in [0.2, 0.25) is 0 Å². The largest absolute Gasteiger partial charge is 0.491 e. The smallest absolute Gasteiger partial charge is 0.326 e. The number of carbonyl (C=O) groups is 1. The first-order chi connectivity index (χ1) is 9.22. The highest BCUT2D eigenvalue weighted by Crippen LogP contribution is 2.20. The van der Waals surface area contributed by atoms with Crippen LogP contribution in [-0.2, 0) is 16.1 Å². The summed E-state index contributed by atoms with van der Waals surface area (Å²) in [6, 6.07) is 7.10. The maximum Gasteiger partial charge on any atom is 0.326 e. The molecule has 104 valence electrons. The molecule has 2 rings (SSSR count). The third kappa shape index (κ3) is 4.22. The van der Waals surface area contributed by atoms with Crippen molar-refractivity contribution in [2.45, 2.75) is 31.5 Å². The Labute approximate surface area is 112 Å². The van der Waals surface area contributed by atoms with E-state index in [2.05, 4.69) is 5.32 Å². The molecule has 0 saturated heterocycles. The first-order valence-electron chi connectivity index (χ1n) is 6.39. The Morgan fingerprint density at radius 1 is 1.42 bits per heavy atom. The maximum absolute atomic E-state index is 11.6. The molecule has 19 heavy (non-hydrogen) atoms. The van der Waals surface area contributed by atoms with E-state index < -0.39 is 6.04 Å². The Balaban J connectivity index is 1.87. The molecule has 0 bridgehead atoms. The van der Waals surface area contributed by atoms with Crippen molar-refractivity contribution < 1.29 is 19.4 Å². The molecule has 1 fully saturated rings.